The fraction of sp³-hybridized carbons (Fsp3) is 0.478. The van der Waals surface area contributed by atoms with Crippen LogP contribution in [0.4, 0.5) is 11.5 Å². The molecule has 2 saturated heterocycles. The van der Waals surface area contributed by atoms with Crippen molar-refractivity contribution in [3.05, 3.63) is 48.2 Å². The van der Waals surface area contributed by atoms with Gasteiger partial charge in [-0.05, 0) is 55.5 Å². The highest BCUT2D eigenvalue weighted by molar-refractivity contribution is 7.99. The van der Waals surface area contributed by atoms with E-state index in [1.54, 1.807) is 12.3 Å². The average Bonchev–Trinajstić information content (AvgIpc) is 3.30. The molecule has 0 saturated carbocycles. The molecule has 0 aliphatic carbocycles. The molecule has 2 aliphatic rings. The fourth-order valence-corrected chi connectivity index (χ4v) is 5.58. The smallest absolute Gasteiger partial charge is 0.255 e. The van der Waals surface area contributed by atoms with Gasteiger partial charge in [0.15, 0.2) is 0 Å². The van der Waals surface area contributed by atoms with Crippen LogP contribution >= 0.6 is 11.8 Å². The van der Waals surface area contributed by atoms with E-state index in [0.29, 0.717) is 24.5 Å². The molecule has 0 bridgehead atoms. The maximum Gasteiger partial charge on any atom is 0.255 e. The number of rotatable bonds is 8. The Morgan fingerprint density at radius 1 is 1.26 bits per heavy atom. The molecule has 1 aromatic carbocycles. The SMILES string of the molecule is CCOc1ccc(Nc2ncccc2C(=O)NCC2(N3CCOCC3)CCSC2)cc1. The van der Waals surface area contributed by atoms with Crippen molar-refractivity contribution < 1.29 is 14.3 Å². The normalized spacial score (nSPS) is 21.6. The van der Waals surface area contributed by atoms with Crippen molar-refractivity contribution in [1.29, 1.82) is 0 Å². The number of carbonyl (C=O) groups excluding carboxylic acids is 1. The molecule has 7 nitrogen and oxygen atoms in total. The summed E-state index contributed by atoms with van der Waals surface area (Å²) in [6.07, 6.45) is 2.78. The van der Waals surface area contributed by atoms with E-state index in [1.165, 1.54) is 0 Å². The lowest BCUT2D eigenvalue weighted by Gasteiger charge is -2.43. The number of hydrogen-bond acceptors (Lipinski definition) is 7. The zero-order valence-electron chi connectivity index (χ0n) is 17.9. The standard InChI is InChI=1S/C23H30N4O3S/c1-2-30-19-7-5-18(6-8-19)26-21-20(4-3-10-24-21)22(28)25-16-23(9-15-31-17-23)27-11-13-29-14-12-27/h3-8,10H,2,9,11-17H2,1H3,(H,24,26)(H,25,28). The molecule has 3 heterocycles. The molecule has 31 heavy (non-hydrogen) atoms. The van der Waals surface area contributed by atoms with Crippen LogP contribution in [0.2, 0.25) is 0 Å². The second-order valence-electron chi connectivity index (χ2n) is 7.79. The first-order valence-corrected chi connectivity index (χ1v) is 12.0. The molecule has 1 atom stereocenters. The predicted octanol–water partition coefficient (Wildman–Crippen LogP) is 3.16. The summed E-state index contributed by atoms with van der Waals surface area (Å²) in [5, 5.41) is 6.46. The Morgan fingerprint density at radius 2 is 2.06 bits per heavy atom. The van der Waals surface area contributed by atoms with E-state index in [-0.39, 0.29) is 11.4 Å². The Kier molecular flexibility index (Phi) is 7.32. The second-order valence-corrected chi connectivity index (χ2v) is 8.90. The van der Waals surface area contributed by atoms with Gasteiger partial charge in [-0.15, -0.1) is 0 Å². The highest BCUT2D eigenvalue weighted by atomic mass is 32.2. The Balaban J connectivity index is 1.43. The van der Waals surface area contributed by atoms with Gasteiger partial charge in [-0.25, -0.2) is 4.98 Å². The van der Waals surface area contributed by atoms with E-state index in [2.05, 4.69) is 20.5 Å². The van der Waals surface area contributed by atoms with E-state index in [9.17, 15) is 4.79 Å². The number of nitrogens with one attached hydrogen (secondary N) is 2. The van der Waals surface area contributed by atoms with E-state index in [0.717, 1.165) is 55.7 Å². The Morgan fingerprint density at radius 3 is 2.77 bits per heavy atom. The summed E-state index contributed by atoms with van der Waals surface area (Å²) >= 11 is 1.96. The number of pyridine rings is 1. The minimum atomic E-state index is -0.105. The van der Waals surface area contributed by atoms with Crippen LogP contribution in [0, 0.1) is 0 Å². The van der Waals surface area contributed by atoms with Gasteiger partial charge in [0.05, 0.1) is 25.4 Å². The molecule has 2 aliphatic heterocycles. The molecule has 0 spiro atoms. The maximum atomic E-state index is 13.1. The maximum absolute atomic E-state index is 13.1. The molecular weight excluding hydrogens is 412 g/mol. The van der Waals surface area contributed by atoms with Gasteiger partial charge < -0.3 is 20.1 Å². The van der Waals surface area contributed by atoms with Gasteiger partial charge in [-0.2, -0.15) is 11.8 Å². The summed E-state index contributed by atoms with van der Waals surface area (Å²) in [5.74, 6) is 3.42. The first kappa shape index (κ1) is 21.9. The summed E-state index contributed by atoms with van der Waals surface area (Å²) in [4.78, 5) is 20.0. The van der Waals surface area contributed by atoms with Crippen molar-refractivity contribution in [2.45, 2.75) is 18.9 Å². The molecule has 1 unspecified atom stereocenters. The van der Waals surface area contributed by atoms with Crippen LogP contribution in [0.1, 0.15) is 23.7 Å². The molecule has 8 heteroatoms. The lowest BCUT2D eigenvalue weighted by atomic mass is 9.95. The minimum Gasteiger partial charge on any atom is -0.494 e. The summed E-state index contributed by atoms with van der Waals surface area (Å²) in [5.41, 5.74) is 1.40. The van der Waals surface area contributed by atoms with Crippen LogP contribution in [-0.2, 0) is 4.74 Å². The number of ether oxygens (including phenoxy) is 2. The van der Waals surface area contributed by atoms with Crippen LogP contribution < -0.4 is 15.4 Å². The summed E-state index contributed by atoms with van der Waals surface area (Å²) in [6, 6.07) is 11.2. The Labute approximate surface area is 187 Å². The van der Waals surface area contributed by atoms with E-state index in [1.807, 2.05) is 49.0 Å². The van der Waals surface area contributed by atoms with Gasteiger partial charge in [0, 0.05) is 42.8 Å². The third kappa shape index (κ3) is 5.31. The van der Waals surface area contributed by atoms with Crippen LogP contribution in [0.15, 0.2) is 42.6 Å². The number of anilines is 2. The number of carbonyl (C=O) groups is 1. The largest absolute Gasteiger partial charge is 0.494 e. The van der Waals surface area contributed by atoms with Gasteiger partial charge in [0.1, 0.15) is 11.6 Å². The van der Waals surface area contributed by atoms with E-state index < -0.39 is 0 Å². The van der Waals surface area contributed by atoms with Gasteiger partial charge in [-0.3, -0.25) is 9.69 Å². The molecule has 166 valence electrons. The van der Waals surface area contributed by atoms with Crippen molar-refractivity contribution in [2.75, 3.05) is 56.3 Å². The van der Waals surface area contributed by atoms with Gasteiger partial charge >= 0.3 is 0 Å². The molecule has 2 N–H and O–H groups in total. The predicted molar refractivity (Wildman–Crippen MR) is 125 cm³/mol. The number of amides is 1. The second kappa shape index (κ2) is 10.3. The molecule has 2 fully saturated rings. The van der Waals surface area contributed by atoms with E-state index in [4.69, 9.17) is 9.47 Å². The van der Waals surface area contributed by atoms with E-state index >= 15 is 0 Å². The number of benzene rings is 1. The monoisotopic (exact) mass is 442 g/mol. The molecule has 1 amide bonds. The molecule has 0 radical (unpaired) electrons. The quantitative estimate of drug-likeness (QED) is 0.650. The third-order valence-corrected chi connectivity index (χ3v) is 7.06. The molecule has 2 aromatic rings. The zero-order valence-corrected chi connectivity index (χ0v) is 18.7. The summed E-state index contributed by atoms with van der Waals surface area (Å²) < 4.78 is 11.0. The Bertz CT molecular complexity index is 865. The first-order valence-electron chi connectivity index (χ1n) is 10.8. The highest BCUT2D eigenvalue weighted by Gasteiger charge is 2.41. The van der Waals surface area contributed by atoms with Gasteiger partial charge in [-0.1, -0.05) is 0 Å². The number of aromatic nitrogens is 1. The fourth-order valence-electron chi connectivity index (χ4n) is 4.10. The van der Waals surface area contributed by atoms with Gasteiger partial charge in [0.25, 0.3) is 5.91 Å². The van der Waals surface area contributed by atoms with Crippen LogP contribution in [0.3, 0.4) is 0 Å². The Hall–Kier alpha value is -2.29. The molecular formula is C23H30N4O3S. The van der Waals surface area contributed by atoms with Crippen molar-refractivity contribution >= 4 is 29.2 Å². The third-order valence-electron chi connectivity index (χ3n) is 5.82. The topological polar surface area (TPSA) is 75.7 Å². The van der Waals surface area contributed by atoms with Crippen molar-refractivity contribution in [1.82, 2.24) is 15.2 Å². The number of morpholine rings is 1. The van der Waals surface area contributed by atoms with Gasteiger partial charge in [0.2, 0.25) is 0 Å². The lowest BCUT2D eigenvalue weighted by molar-refractivity contribution is -0.0129. The van der Waals surface area contributed by atoms with Crippen LogP contribution in [-0.4, -0.2) is 72.3 Å². The molecule has 1 aromatic heterocycles. The van der Waals surface area contributed by atoms with Crippen LogP contribution in [0.25, 0.3) is 0 Å². The first-order chi connectivity index (χ1) is 15.2. The summed E-state index contributed by atoms with van der Waals surface area (Å²) in [7, 11) is 0. The number of hydrogen-bond donors (Lipinski definition) is 2. The average molecular weight is 443 g/mol. The highest BCUT2D eigenvalue weighted by Crippen LogP contribution is 2.33. The number of nitrogens with zero attached hydrogens (tertiary/aromatic N) is 2. The minimum absolute atomic E-state index is 0.00894. The lowest BCUT2D eigenvalue weighted by Crippen LogP contribution is -2.59. The molecule has 4 rings (SSSR count). The van der Waals surface area contributed by atoms with Crippen LogP contribution in [0.5, 0.6) is 5.75 Å². The number of thioether (sulfide) groups is 1. The summed E-state index contributed by atoms with van der Waals surface area (Å²) in [6.45, 7) is 6.59. The van der Waals surface area contributed by atoms with Crippen molar-refractivity contribution in [3.63, 3.8) is 0 Å². The zero-order chi connectivity index (χ0) is 21.5. The van der Waals surface area contributed by atoms with Crippen molar-refractivity contribution in [2.24, 2.45) is 0 Å². The van der Waals surface area contributed by atoms with Crippen molar-refractivity contribution in [3.8, 4) is 5.75 Å².